The largest absolute Gasteiger partial charge is 0.361 e. The maximum Gasteiger partial charge on any atom is 0.0576 e. The summed E-state index contributed by atoms with van der Waals surface area (Å²) in [6, 6.07) is 4.26. The van der Waals surface area contributed by atoms with Gasteiger partial charge in [-0.1, -0.05) is 0 Å². The van der Waals surface area contributed by atoms with Crippen LogP contribution in [0.3, 0.4) is 0 Å². The molecule has 3 nitrogen and oxygen atoms in total. The lowest BCUT2D eigenvalue weighted by molar-refractivity contribution is 1.45. The Hall–Kier alpha value is -2.16. The average Bonchev–Trinajstić information content (AvgIpc) is 2.87. The molecule has 1 aliphatic heterocycles. The summed E-state index contributed by atoms with van der Waals surface area (Å²) in [5.41, 5.74) is 4.78. The summed E-state index contributed by atoms with van der Waals surface area (Å²) < 4.78 is 0. The van der Waals surface area contributed by atoms with E-state index in [9.17, 15) is 0 Å². The van der Waals surface area contributed by atoms with Crippen molar-refractivity contribution < 1.29 is 0 Å². The molecule has 3 heteroatoms. The Balaban J connectivity index is 2.37. The van der Waals surface area contributed by atoms with Crippen molar-refractivity contribution in [3.8, 4) is 0 Å². The van der Waals surface area contributed by atoms with Gasteiger partial charge < -0.3 is 15.3 Å². The first-order valence-electron chi connectivity index (χ1n) is 4.98. The van der Waals surface area contributed by atoms with E-state index in [4.69, 9.17) is 0 Å². The summed E-state index contributed by atoms with van der Waals surface area (Å²) in [5.74, 6) is 0. The molecule has 0 radical (unpaired) electrons. The fourth-order valence-corrected chi connectivity index (χ4v) is 2.34. The van der Waals surface area contributed by atoms with E-state index < -0.39 is 0 Å². The van der Waals surface area contributed by atoms with E-state index in [-0.39, 0.29) is 0 Å². The highest BCUT2D eigenvalue weighted by Crippen LogP contribution is 2.36. The topological polar surface area (TPSA) is 43.6 Å². The summed E-state index contributed by atoms with van der Waals surface area (Å²) in [6.45, 7) is 0. The SMILES string of the molecule is C1=Cc2c[nH]c3cc4[nH]ccc4c(c23)N1. The zero-order valence-corrected chi connectivity index (χ0v) is 7.96. The maximum atomic E-state index is 3.32. The predicted molar refractivity (Wildman–Crippen MR) is 62.8 cm³/mol. The third-order valence-electron chi connectivity index (χ3n) is 3.02. The molecule has 1 aromatic carbocycles. The van der Waals surface area contributed by atoms with Crippen LogP contribution in [0.5, 0.6) is 0 Å². The zero-order chi connectivity index (χ0) is 9.83. The van der Waals surface area contributed by atoms with Gasteiger partial charge in [-0.2, -0.15) is 0 Å². The number of rotatable bonds is 0. The van der Waals surface area contributed by atoms with Crippen LogP contribution >= 0.6 is 0 Å². The second-order valence-electron chi connectivity index (χ2n) is 3.83. The van der Waals surface area contributed by atoms with Crippen LogP contribution in [0.25, 0.3) is 27.9 Å². The third-order valence-corrected chi connectivity index (χ3v) is 3.02. The van der Waals surface area contributed by atoms with E-state index in [1.165, 1.54) is 27.5 Å². The van der Waals surface area contributed by atoms with Gasteiger partial charge in [-0.25, -0.2) is 0 Å². The first-order valence-corrected chi connectivity index (χ1v) is 4.98. The van der Waals surface area contributed by atoms with Gasteiger partial charge in [-0.15, -0.1) is 0 Å². The molecule has 0 saturated carbocycles. The smallest absolute Gasteiger partial charge is 0.0576 e. The van der Waals surface area contributed by atoms with Crippen LogP contribution < -0.4 is 5.32 Å². The summed E-state index contributed by atoms with van der Waals surface area (Å²) >= 11 is 0. The number of fused-ring (bicyclic) bond motifs is 2. The van der Waals surface area contributed by atoms with Crippen molar-refractivity contribution >= 4 is 33.6 Å². The Morgan fingerprint density at radius 3 is 3.07 bits per heavy atom. The van der Waals surface area contributed by atoms with E-state index in [0.717, 1.165) is 5.52 Å². The molecule has 3 aromatic rings. The fraction of sp³-hybridized carbons (Fsp3) is 0. The number of aromatic amines is 2. The molecule has 3 N–H and O–H groups in total. The molecule has 0 aliphatic carbocycles. The number of hydrogen-bond donors (Lipinski definition) is 3. The highest BCUT2D eigenvalue weighted by atomic mass is 14.9. The second-order valence-corrected chi connectivity index (χ2v) is 3.83. The minimum absolute atomic E-state index is 1.16. The van der Waals surface area contributed by atoms with Crippen LogP contribution in [-0.4, -0.2) is 9.97 Å². The third kappa shape index (κ3) is 0.760. The number of H-pyrrole nitrogens is 2. The molecule has 0 spiro atoms. The Morgan fingerprint density at radius 2 is 2.07 bits per heavy atom. The van der Waals surface area contributed by atoms with Gasteiger partial charge in [0.1, 0.15) is 0 Å². The van der Waals surface area contributed by atoms with Gasteiger partial charge in [0.2, 0.25) is 0 Å². The Morgan fingerprint density at radius 1 is 1.07 bits per heavy atom. The van der Waals surface area contributed by atoms with E-state index >= 15 is 0 Å². The number of benzene rings is 1. The van der Waals surface area contributed by atoms with Gasteiger partial charge >= 0.3 is 0 Å². The summed E-state index contributed by atoms with van der Waals surface area (Å²) in [7, 11) is 0. The van der Waals surface area contributed by atoms with E-state index in [1.54, 1.807) is 0 Å². The van der Waals surface area contributed by atoms with Crippen molar-refractivity contribution in [2.24, 2.45) is 0 Å². The first kappa shape index (κ1) is 7.17. The Bertz CT molecular complexity index is 700. The molecule has 0 fully saturated rings. The highest BCUT2D eigenvalue weighted by molar-refractivity contribution is 6.13. The summed E-state index contributed by atoms with van der Waals surface area (Å²) in [6.07, 6.45) is 8.09. The van der Waals surface area contributed by atoms with E-state index in [0.29, 0.717) is 0 Å². The summed E-state index contributed by atoms with van der Waals surface area (Å²) in [4.78, 5) is 6.53. The molecule has 0 bridgehead atoms. The van der Waals surface area contributed by atoms with Gasteiger partial charge in [-0.3, -0.25) is 0 Å². The molecule has 72 valence electrons. The standard InChI is InChI=1S/C12H9N3/c1-3-14-12-8-2-4-13-9(8)5-10-11(12)7(1)6-15-10/h1-6,13-15H. The molecule has 0 amide bonds. The van der Waals surface area contributed by atoms with Crippen molar-refractivity contribution in [1.82, 2.24) is 9.97 Å². The number of anilines is 1. The molecule has 15 heavy (non-hydrogen) atoms. The molecule has 2 aromatic heterocycles. The van der Waals surface area contributed by atoms with Crippen LogP contribution in [0.2, 0.25) is 0 Å². The molecule has 0 unspecified atom stereocenters. The van der Waals surface area contributed by atoms with Crippen LogP contribution in [0.15, 0.2) is 30.7 Å². The van der Waals surface area contributed by atoms with Crippen LogP contribution in [0.1, 0.15) is 5.56 Å². The molecule has 4 rings (SSSR count). The zero-order valence-electron chi connectivity index (χ0n) is 7.96. The highest BCUT2D eigenvalue weighted by Gasteiger charge is 2.13. The minimum atomic E-state index is 1.16. The van der Waals surface area contributed by atoms with Gasteiger partial charge in [0.15, 0.2) is 0 Å². The Kier molecular flexibility index (Phi) is 1.08. The monoisotopic (exact) mass is 195 g/mol. The lowest BCUT2D eigenvalue weighted by atomic mass is 10.1. The lowest BCUT2D eigenvalue weighted by Crippen LogP contribution is -1.93. The fourth-order valence-electron chi connectivity index (χ4n) is 2.34. The van der Waals surface area contributed by atoms with Crippen LogP contribution in [0, 0.1) is 0 Å². The number of aromatic nitrogens is 2. The van der Waals surface area contributed by atoms with Crippen molar-refractivity contribution in [2.75, 3.05) is 5.32 Å². The van der Waals surface area contributed by atoms with Crippen molar-refractivity contribution in [2.45, 2.75) is 0 Å². The quantitative estimate of drug-likeness (QED) is 0.507. The van der Waals surface area contributed by atoms with Crippen molar-refractivity contribution in [1.29, 1.82) is 0 Å². The summed E-state index contributed by atoms with van der Waals surface area (Å²) in [5, 5.41) is 5.85. The molecule has 1 aliphatic rings. The van der Waals surface area contributed by atoms with Gasteiger partial charge in [0.05, 0.1) is 11.2 Å². The second kappa shape index (κ2) is 2.25. The maximum absolute atomic E-state index is 3.32. The average molecular weight is 195 g/mol. The predicted octanol–water partition coefficient (Wildman–Crippen LogP) is 3.05. The molecule has 0 saturated heterocycles. The van der Waals surface area contributed by atoms with Gasteiger partial charge in [0, 0.05) is 40.4 Å². The number of hydrogen-bond acceptors (Lipinski definition) is 1. The number of nitrogens with one attached hydrogen (secondary N) is 3. The minimum Gasteiger partial charge on any atom is -0.361 e. The molecular formula is C12H9N3. The molecular weight excluding hydrogens is 186 g/mol. The van der Waals surface area contributed by atoms with Crippen molar-refractivity contribution in [3.05, 3.63) is 36.3 Å². The molecule has 3 heterocycles. The van der Waals surface area contributed by atoms with E-state index in [2.05, 4.69) is 33.5 Å². The van der Waals surface area contributed by atoms with Crippen molar-refractivity contribution in [3.63, 3.8) is 0 Å². The van der Waals surface area contributed by atoms with Crippen LogP contribution in [-0.2, 0) is 0 Å². The molecule has 0 atom stereocenters. The van der Waals surface area contributed by atoms with Gasteiger partial charge in [0.25, 0.3) is 0 Å². The van der Waals surface area contributed by atoms with Crippen LogP contribution in [0.4, 0.5) is 5.69 Å². The lowest BCUT2D eigenvalue weighted by Gasteiger charge is -2.10. The van der Waals surface area contributed by atoms with Gasteiger partial charge in [-0.05, 0) is 18.2 Å². The normalized spacial score (nSPS) is 13.6. The first-order chi connectivity index (χ1) is 7.43. The Labute approximate surface area is 85.8 Å². The van der Waals surface area contributed by atoms with E-state index in [1.807, 2.05) is 18.6 Å².